The van der Waals surface area contributed by atoms with Crippen molar-refractivity contribution in [2.24, 2.45) is 0 Å². The molecular weight excluding hydrogens is 312 g/mol. The zero-order chi connectivity index (χ0) is 15.5. The zero-order valence-corrected chi connectivity index (χ0v) is 12.8. The Labute approximate surface area is 128 Å². The van der Waals surface area contributed by atoms with Crippen LogP contribution in [0.4, 0.5) is 0 Å². The van der Waals surface area contributed by atoms with Crippen LogP contribution in [0, 0.1) is 11.3 Å². The summed E-state index contributed by atoms with van der Waals surface area (Å²) in [6, 6.07) is 7.39. The first-order valence-corrected chi connectivity index (χ1v) is 7.98. The summed E-state index contributed by atoms with van der Waals surface area (Å²) in [6.45, 7) is 2.11. The van der Waals surface area contributed by atoms with Gasteiger partial charge in [-0.2, -0.15) is 10.4 Å². The van der Waals surface area contributed by atoms with E-state index in [1.165, 1.54) is 18.2 Å². The first-order valence-electron chi connectivity index (χ1n) is 6.12. The smallest absolute Gasteiger partial charge is 0.242 e. The Morgan fingerprint density at radius 2 is 2.29 bits per heavy atom. The predicted octanol–water partition coefficient (Wildman–Crippen LogP) is 1.78. The second kappa shape index (κ2) is 6.26. The van der Waals surface area contributed by atoms with Crippen molar-refractivity contribution >= 4 is 21.6 Å². The summed E-state index contributed by atoms with van der Waals surface area (Å²) in [4.78, 5) is -0.101. The van der Waals surface area contributed by atoms with E-state index < -0.39 is 10.0 Å². The molecule has 1 atom stereocenters. The number of rotatable bonds is 5. The lowest BCUT2D eigenvalue weighted by Crippen LogP contribution is -2.36. The van der Waals surface area contributed by atoms with E-state index in [4.69, 9.17) is 16.9 Å². The van der Waals surface area contributed by atoms with Gasteiger partial charge in [-0.3, -0.25) is 4.68 Å². The second-order valence-corrected chi connectivity index (χ2v) is 6.60. The normalized spacial score (nSPS) is 12.8. The van der Waals surface area contributed by atoms with Gasteiger partial charge in [0.2, 0.25) is 10.0 Å². The van der Waals surface area contributed by atoms with E-state index in [2.05, 4.69) is 9.82 Å². The molecule has 2 aromatic rings. The van der Waals surface area contributed by atoms with Crippen LogP contribution in [0.2, 0.25) is 5.02 Å². The molecule has 1 aromatic heterocycles. The van der Waals surface area contributed by atoms with Gasteiger partial charge >= 0.3 is 0 Å². The zero-order valence-electron chi connectivity index (χ0n) is 11.2. The lowest BCUT2D eigenvalue weighted by Gasteiger charge is -2.15. The van der Waals surface area contributed by atoms with Crippen LogP contribution in [0.25, 0.3) is 0 Å². The van der Waals surface area contributed by atoms with Gasteiger partial charge in [0.25, 0.3) is 0 Å². The molecule has 0 aliphatic heterocycles. The Bertz CT molecular complexity index is 766. The van der Waals surface area contributed by atoms with Gasteiger partial charge < -0.3 is 0 Å². The molecule has 110 valence electrons. The van der Waals surface area contributed by atoms with Crippen molar-refractivity contribution < 1.29 is 8.42 Å². The number of sulfonamides is 1. The van der Waals surface area contributed by atoms with Gasteiger partial charge in [0.1, 0.15) is 4.90 Å². The SMILES string of the molecule is CC(Cn1cccn1)NS(=O)(=O)c1cc(C#N)ccc1Cl. The molecule has 1 unspecified atom stereocenters. The Hall–Kier alpha value is -1.88. The fourth-order valence-corrected chi connectivity index (χ4v) is 3.59. The molecule has 1 heterocycles. The Balaban J connectivity index is 2.20. The fraction of sp³-hybridized carbons (Fsp3) is 0.231. The molecule has 0 saturated carbocycles. The van der Waals surface area contributed by atoms with Gasteiger partial charge in [-0.15, -0.1) is 0 Å². The third kappa shape index (κ3) is 3.82. The Morgan fingerprint density at radius 3 is 2.90 bits per heavy atom. The minimum atomic E-state index is -3.80. The van der Waals surface area contributed by atoms with Crippen LogP contribution < -0.4 is 4.72 Å². The Kier molecular flexibility index (Phi) is 4.63. The third-order valence-corrected chi connectivity index (χ3v) is 4.80. The number of benzene rings is 1. The van der Waals surface area contributed by atoms with E-state index in [9.17, 15) is 8.42 Å². The fourth-order valence-electron chi connectivity index (χ4n) is 1.83. The lowest BCUT2D eigenvalue weighted by molar-refractivity contribution is 0.494. The minimum Gasteiger partial charge on any atom is -0.271 e. The number of aromatic nitrogens is 2. The van der Waals surface area contributed by atoms with Crippen LogP contribution >= 0.6 is 11.6 Å². The van der Waals surface area contributed by atoms with Crippen LogP contribution in [0.1, 0.15) is 12.5 Å². The quantitative estimate of drug-likeness (QED) is 0.908. The minimum absolute atomic E-state index is 0.0767. The topological polar surface area (TPSA) is 87.8 Å². The molecule has 0 fully saturated rings. The molecule has 0 radical (unpaired) electrons. The van der Waals surface area contributed by atoms with Crippen molar-refractivity contribution in [3.05, 3.63) is 47.2 Å². The maximum Gasteiger partial charge on any atom is 0.242 e. The molecule has 2 rings (SSSR count). The molecule has 0 saturated heterocycles. The summed E-state index contributed by atoms with van der Waals surface area (Å²) in [7, 11) is -3.80. The van der Waals surface area contributed by atoms with Crippen molar-refractivity contribution in [1.29, 1.82) is 5.26 Å². The lowest BCUT2D eigenvalue weighted by atomic mass is 10.2. The molecule has 0 amide bonds. The highest BCUT2D eigenvalue weighted by Crippen LogP contribution is 2.22. The summed E-state index contributed by atoms with van der Waals surface area (Å²) >= 11 is 5.92. The van der Waals surface area contributed by atoms with Crippen LogP contribution in [0.5, 0.6) is 0 Å². The molecule has 0 aliphatic rings. The average molecular weight is 325 g/mol. The number of nitrogens with one attached hydrogen (secondary N) is 1. The van der Waals surface area contributed by atoms with Gasteiger partial charge in [0, 0.05) is 18.4 Å². The first-order chi connectivity index (χ1) is 9.92. The van der Waals surface area contributed by atoms with Crippen LogP contribution in [0.15, 0.2) is 41.6 Å². The number of nitrogens with zero attached hydrogens (tertiary/aromatic N) is 3. The van der Waals surface area contributed by atoms with Gasteiger partial charge in [0.15, 0.2) is 0 Å². The number of nitriles is 1. The van der Waals surface area contributed by atoms with E-state index >= 15 is 0 Å². The van der Waals surface area contributed by atoms with Crippen molar-refractivity contribution in [1.82, 2.24) is 14.5 Å². The van der Waals surface area contributed by atoms with Gasteiger partial charge in [-0.1, -0.05) is 11.6 Å². The summed E-state index contributed by atoms with van der Waals surface area (Å²) < 4.78 is 28.8. The van der Waals surface area contributed by atoms with Crippen molar-refractivity contribution in [3.63, 3.8) is 0 Å². The molecule has 21 heavy (non-hydrogen) atoms. The molecule has 0 spiro atoms. The second-order valence-electron chi connectivity index (χ2n) is 4.51. The molecule has 0 bridgehead atoms. The molecule has 1 aromatic carbocycles. The molecular formula is C13H13ClN4O2S. The predicted molar refractivity (Wildman–Crippen MR) is 78.2 cm³/mol. The summed E-state index contributed by atoms with van der Waals surface area (Å²) in [5.74, 6) is 0. The van der Waals surface area contributed by atoms with Gasteiger partial charge in [0.05, 0.1) is 23.2 Å². The molecule has 6 nitrogen and oxygen atoms in total. The first kappa shape index (κ1) is 15.5. The van der Waals surface area contributed by atoms with E-state index in [1.807, 2.05) is 6.07 Å². The number of hydrogen-bond acceptors (Lipinski definition) is 4. The van der Waals surface area contributed by atoms with Crippen molar-refractivity contribution in [2.45, 2.75) is 24.4 Å². The highest BCUT2D eigenvalue weighted by atomic mass is 35.5. The van der Waals surface area contributed by atoms with Crippen molar-refractivity contribution in [2.75, 3.05) is 0 Å². The molecule has 0 aliphatic carbocycles. The summed E-state index contributed by atoms with van der Waals surface area (Å²) in [5.41, 5.74) is 0.236. The van der Waals surface area contributed by atoms with Crippen LogP contribution in [-0.4, -0.2) is 24.2 Å². The van der Waals surface area contributed by atoms with E-state index in [0.29, 0.717) is 6.54 Å². The highest BCUT2D eigenvalue weighted by molar-refractivity contribution is 7.89. The summed E-state index contributed by atoms with van der Waals surface area (Å²) in [5, 5.41) is 12.9. The summed E-state index contributed by atoms with van der Waals surface area (Å²) in [6.07, 6.45) is 3.36. The maximum atomic E-state index is 12.3. The number of hydrogen-bond donors (Lipinski definition) is 1. The maximum absolute atomic E-state index is 12.3. The molecule has 8 heteroatoms. The molecule has 1 N–H and O–H groups in total. The monoisotopic (exact) mass is 324 g/mol. The number of halogens is 1. The Morgan fingerprint density at radius 1 is 1.52 bits per heavy atom. The van der Waals surface area contributed by atoms with Crippen molar-refractivity contribution in [3.8, 4) is 6.07 Å². The average Bonchev–Trinajstić information content (AvgIpc) is 2.91. The third-order valence-electron chi connectivity index (χ3n) is 2.73. The van der Waals surface area contributed by atoms with E-state index in [1.54, 1.807) is 30.1 Å². The standard InChI is InChI=1S/C13H13ClN4O2S/c1-10(9-18-6-2-5-16-18)17-21(19,20)13-7-11(8-15)3-4-12(13)14/h2-7,10,17H,9H2,1H3. The van der Waals surface area contributed by atoms with Gasteiger partial charge in [-0.05, 0) is 31.2 Å². The largest absolute Gasteiger partial charge is 0.271 e. The van der Waals surface area contributed by atoms with Gasteiger partial charge in [-0.25, -0.2) is 13.1 Å². The van der Waals surface area contributed by atoms with E-state index in [0.717, 1.165) is 0 Å². The van der Waals surface area contributed by atoms with Crippen LogP contribution in [-0.2, 0) is 16.6 Å². The van der Waals surface area contributed by atoms with E-state index in [-0.39, 0.29) is 21.5 Å². The highest BCUT2D eigenvalue weighted by Gasteiger charge is 2.21. The van der Waals surface area contributed by atoms with Crippen LogP contribution in [0.3, 0.4) is 0 Å².